The Morgan fingerprint density at radius 3 is 2.43 bits per heavy atom. The fourth-order valence-electron chi connectivity index (χ4n) is 2.30. The molecule has 1 fully saturated rings. The summed E-state index contributed by atoms with van der Waals surface area (Å²) in [5.41, 5.74) is 0.733. The fraction of sp³-hybridized carbons (Fsp3) is 0.312. The fourth-order valence-corrected chi connectivity index (χ4v) is 4.46. The number of rotatable bonds is 4. The number of hydrogen-bond acceptors (Lipinski definition) is 5. The number of sulfonamides is 1. The van der Waals surface area contributed by atoms with Crippen LogP contribution in [-0.4, -0.2) is 45.2 Å². The number of aryl methyl sites for hydroxylation is 1. The molecule has 0 N–H and O–H groups in total. The molecule has 1 aliphatic heterocycles. The maximum absolute atomic E-state index is 12.5. The molecule has 2 heterocycles. The van der Waals surface area contributed by atoms with Crippen LogP contribution in [0.4, 0.5) is 5.69 Å². The molecule has 1 saturated heterocycles. The predicted molar refractivity (Wildman–Crippen MR) is 92.3 cm³/mol. The summed E-state index contributed by atoms with van der Waals surface area (Å²) in [6, 6.07) is 10.7. The highest BCUT2D eigenvalue weighted by Gasteiger charge is 2.25. The monoisotopic (exact) mass is 350 g/mol. The lowest BCUT2D eigenvalue weighted by Crippen LogP contribution is -2.40. The quantitative estimate of drug-likeness (QED) is 0.797. The third-order valence-electron chi connectivity index (χ3n) is 3.55. The van der Waals surface area contributed by atoms with E-state index in [9.17, 15) is 8.42 Å². The molecule has 0 aliphatic carbocycles. The highest BCUT2D eigenvalue weighted by molar-refractivity contribution is 7.89. The van der Waals surface area contributed by atoms with Gasteiger partial charge in [0.2, 0.25) is 10.0 Å². The number of ether oxygens (including phenoxy) is 1. The summed E-state index contributed by atoms with van der Waals surface area (Å²) in [4.78, 5) is 6.99. The molecule has 3 rings (SSSR count). The van der Waals surface area contributed by atoms with Crippen LogP contribution in [-0.2, 0) is 14.8 Å². The molecule has 1 aromatic heterocycles. The Kier molecular flexibility index (Phi) is 4.91. The van der Waals surface area contributed by atoms with Crippen LogP contribution in [0.2, 0.25) is 0 Å². The van der Waals surface area contributed by atoms with E-state index in [1.54, 1.807) is 41.8 Å². The normalized spacial score (nSPS) is 16.9. The van der Waals surface area contributed by atoms with Crippen LogP contribution in [0, 0.1) is 6.92 Å². The zero-order chi connectivity index (χ0) is 16.3. The van der Waals surface area contributed by atoms with Crippen LogP contribution in [0.1, 0.15) is 9.75 Å². The summed E-state index contributed by atoms with van der Waals surface area (Å²) < 4.78 is 31.7. The summed E-state index contributed by atoms with van der Waals surface area (Å²) in [6.45, 7) is 3.75. The van der Waals surface area contributed by atoms with E-state index in [-0.39, 0.29) is 0 Å². The Morgan fingerprint density at radius 1 is 1.13 bits per heavy atom. The second-order valence-electron chi connectivity index (χ2n) is 5.22. The van der Waals surface area contributed by atoms with E-state index in [1.807, 2.05) is 19.1 Å². The maximum atomic E-state index is 12.5. The molecule has 0 saturated carbocycles. The lowest BCUT2D eigenvalue weighted by Gasteiger charge is -2.26. The van der Waals surface area contributed by atoms with E-state index >= 15 is 0 Å². The molecule has 122 valence electrons. The molecule has 1 aromatic carbocycles. The minimum atomic E-state index is -3.44. The smallest absolute Gasteiger partial charge is 0.243 e. The standard InChI is InChI=1S/C16H18N2O3S2/c1-13-2-5-15(22-13)12-17-14-3-6-16(7-4-14)23(19,20)18-8-10-21-11-9-18/h2-7,12H,8-11H2,1H3. The molecular weight excluding hydrogens is 332 g/mol. The first-order valence-corrected chi connectivity index (χ1v) is 9.60. The third-order valence-corrected chi connectivity index (χ3v) is 6.39. The summed E-state index contributed by atoms with van der Waals surface area (Å²) in [7, 11) is -3.44. The first kappa shape index (κ1) is 16.3. The van der Waals surface area contributed by atoms with E-state index in [4.69, 9.17) is 4.74 Å². The topological polar surface area (TPSA) is 59.0 Å². The third kappa shape index (κ3) is 3.87. The first-order valence-electron chi connectivity index (χ1n) is 7.34. The van der Waals surface area contributed by atoms with Crippen LogP contribution in [0.5, 0.6) is 0 Å². The van der Waals surface area contributed by atoms with E-state index in [0.717, 1.165) is 10.6 Å². The van der Waals surface area contributed by atoms with Gasteiger partial charge in [0.15, 0.2) is 0 Å². The van der Waals surface area contributed by atoms with Crippen molar-refractivity contribution < 1.29 is 13.2 Å². The minimum absolute atomic E-state index is 0.297. The van der Waals surface area contributed by atoms with E-state index in [1.165, 1.54) is 9.18 Å². The largest absolute Gasteiger partial charge is 0.379 e. The Labute approximate surface area is 140 Å². The zero-order valence-corrected chi connectivity index (χ0v) is 14.4. The van der Waals surface area contributed by atoms with Crippen LogP contribution < -0.4 is 0 Å². The van der Waals surface area contributed by atoms with Gasteiger partial charge in [0.05, 0.1) is 23.8 Å². The van der Waals surface area contributed by atoms with Gasteiger partial charge in [-0.05, 0) is 43.3 Å². The molecule has 0 spiro atoms. The number of aliphatic imine (C=N–C) groups is 1. The number of morpholine rings is 1. The summed E-state index contributed by atoms with van der Waals surface area (Å²) in [6.07, 6.45) is 1.79. The van der Waals surface area contributed by atoms with Crippen molar-refractivity contribution in [2.75, 3.05) is 26.3 Å². The van der Waals surface area contributed by atoms with E-state index in [0.29, 0.717) is 31.2 Å². The molecule has 2 aromatic rings. The van der Waals surface area contributed by atoms with Crippen molar-refractivity contribution >= 4 is 33.3 Å². The number of hydrogen-bond donors (Lipinski definition) is 0. The van der Waals surface area contributed by atoms with Crippen LogP contribution >= 0.6 is 11.3 Å². The zero-order valence-electron chi connectivity index (χ0n) is 12.8. The average Bonchev–Trinajstić information content (AvgIpc) is 3.00. The van der Waals surface area contributed by atoms with Gasteiger partial charge in [-0.2, -0.15) is 4.31 Å². The van der Waals surface area contributed by atoms with Gasteiger partial charge in [-0.1, -0.05) is 0 Å². The van der Waals surface area contributed by atoms with Gasteiger partial charge in [0.25, 0.3) is 0 Å². The molecule has 0 radical (unpaired) electrons. The minimum Gasteiger partial charge on any atom is -0.379 e. The van der Waals surface area contributed by atoms with E-state index < -0.39 is 10.0 Å². The summed E-state index contributed by atoms with van der Waals surface area (Å²) in [5.74, 6) is 0. The van der Waals surface area contributed by atoms with Gasteiger partial charge in [0.1, 0.15) is 0 Å². The Hall–Kier alpha value is -1.54. The average molecular weight is 350 g/mol. The lowest BCUT2D eigenvalue weighted by molar-refractivity contribution is 0.0730. The summed E-state index contributed by atoms with van der Waals surface area (Å²) in [5, 5.41) is 0. The van der Waals surface area contributed by atoms with Crippen molar-refractivity contribution in [1.82, 2.24) is 4.31 Å². The van der Waals surface area contributed by atoms with Gasteiger partial charge >= 0.3 is 0 Å². The molecule has 7 heteroatoms. The Bertz CT molecular complexity index is 789. The second kappa shape index (κ2) is 6.92. The van der Waals surface area contributed by atoms with Gasteiger partial charge in [-0.3, -0.25) is 4.99 Å². The molecular formula is C16H18N2O3S2. The molecule has 0 unspecified atom stereocenters. The van der Waals surface area contributed by atoms with Gasteiger partial charge in [-0.15, -0.1) is 11.3 Å². The molecule has 1 aliphatic rings. The first-order chi connectivity index (χ1) is 11.1. The number of thiophene rings is 1. The van der Waals surface area contributed by atoms with Crippen molar-refractivity contribution in [1.29, 1.82) is 0 Å². The lowest BCUT2D eigenvalue weighted by atomic mass is 10.3. The molecule has 0 atom stereocenters. The van der Waals surface area contributed by atoms with Crippen molar-refractivity contribution in [3.63, 3.8) is 0 Å². The van der Waals surface area contributed by atoms with Crippen molar-refractivity contribution in [3.8, 4) is 0 Å². The van der Waals surface area contributed by atoms with Crippen LogP contribution in [0.3, 0.4) is 0 Å². The highest BCUT2D eigenvalue weighted by Crippen LogP contribution is 2.21. The van der Waals surface area contributed by atoms with Crippen molar-refractivity contribution in [2.45, 2.75) is 11.8 Å². The van der Waals surface area contributed by atoms with Gasteiger partial charge in [0, 0.05) is 29.1 Å². The van der Waals surface area contributed by atoms with Crippen LogP contribution in [0.15, 0.2) is 46.3 Å². The predicted octanol–water partition coefficient (Wildman–Crippen LogP) is 2.83. The van der Waals surface area contributed by atoms with Crippen LogP contribution in [0.25, 0.3) is 0 Å². The highest BCUT2D eigenvalue weighted by atomic mass is 32.2. The van der Waals surface area contributed by atoms with Gasteiger partial charge < -0.3 is 4.74 Å². The molecule has 23 heavy (non-hydrogen) atoms. The maximum Gasteiger partial charge on any atom is 0.243 e. The molecule has 5 nitrogen and oxygen atoms in total. The Balaban J connectivity index is 1.75. The second-order valence-corrected chi connectivity index (χ2v) is 8.47. The molecule has 0 amide bonds. The number of benzene rings is 1. The number of nitrogens with zero attached hydrogens (tertiary/aromatic N) is 2. The Morgan fingerprint density at radius 2 is 1.83 bits per heavy atom. The van der Waals surface area contributed by atoms with E-state index in [2.05, 4.69) is 4.99 Å². The summed E-state index contributed by atoms with van der Waals surface area (Å²) >= 11 is 1.67. The SMILES string of the molecule is Cc1ccc(C=Nc2ccc(S(=O)(=O)N3CCOCC3)cc2)s1. The molecule has 0 bridgehead atoms. The van der Waals surface area contributed by atoms with Crippen molar-refractivity contribution in [2.24, 2.45) is 4.99 Å². The van der Waals surface area contributed by atoms with Crippen molar-refractivity contribution in [3.05, 3.63) is 46.2 Å². The van der Waals surface area contributed by atoms with Gasteiger partial charge in [-0.25, -0.2) is 8.42 Å².